The minimum atomic E-state index is -1.75. The van der Waals surface area contributed by atoms with Crippen molar-refractivity contribution in [3.63, 3.8) is 0 Å². The molecule has 2 aromatic carbocycles. The first-order chi connectivity index (χ1) is 18.4. The zero-order valence-corrected chi connectivity index (χ0v) is 21.0. The number of phenols is 1. The van der Waals surface area contributed by atoms with E-state index < -0.39 is 17.5 Å². The minimum Gasteiger partial charge on any atom is -0.504 e. The Morgan fingerprint density at radius 1 is 1.03 bits per heavy atom. The van der Waals surface area contributed by atoms with Crippen molar-refractivity contribution in [2.45, 2.75) is 44.8 Å². The molecule has 0 saturated carbocycles. The number of aromatic hydroxyl groups is 1. The van der Waals surface area contributed by atoms with E-state index in [1.807, 2.05) is 26.0 Å². The van der Waals surface area contributed by atoms with Gasteiger partial charge < -0.3 is 28.5 Å². The summed E-state index contributed by atoms with van der Waals surface area (Å²) in [5, 5.41) is 10.2. The third-order valence-corrected chi connectivity index (χ3v) is 7.09. The first-order valence-corrected chi connectivity index (χ1v) is 12.6. The van der Waals surface area contributed by atoms with Gasteiger partial charge in [-0.05, 0) is 60.9 Å². The van der Waals surface area contributed by atoms with Crippen LogP contribution in [0, 0.1) is 0 Å². The molecule has 1 aliphatic carbocycles. The van der Waals surface area contributed by atoms with Crippen LogP contribution >= 0.6 is 0 Å². The minimum absolute atomic E-state index is 0.00878. The lowest BCUT2D eigenvalue weighted by atomic mass is 9.84. The van der Waals surface area contributed by atoms with Crippen LogP contribution in [0.4, 0.5) is 0 Å². The number of esters is 2. The van der Waals surface area contributed by atoms with Crippen molar-refractivity contribution in [2.24, 2.45) is 0 Å². The highest BCUT2D eigenvalue weighted by molar-refractivity contribution is 6.02. The van der Waals surface area contributed by atoms with Gasteiger partial charge in [-0.3, -0.25) is 0 Å². The molecule has 4 heterocycles. The van der Waals surface area contributed by atoms with E-state index in [2.05, 4.69) is 0 Å². The van der Waals surface area contributed by atoms with Gasteiger partial charge in [0.2, 0.25) is 11.4 Å². The first-order valence-electron chi connectivity index (χ1n) is 12.6. The monoisotopic (exact) mass is 514 g/mol. The van der Waals surface area contributed by atoms with Gasteiger partial charge in [-0.2, -0.15) is 0 Å². The molecule has 0 unspecified atom stereocenters. The fourth-order valence-corrected chi connectivity index (χ4v) is 4.92. The van der Waals surface area contributed by atoms with Crippen molar-refractivity contribution < 1.29 is 38.1 Å². The highest BCUT2D eigenvalue weighted by Crippen LogP contribution is 2.49. The lowest BCUT2D eigenvalue weighted by Gasteiger charge is -2.28. The number of ether oxygens (including phenoxy) is 4. The van der Waals surface area contributed by atoms with Crippen LogP contribution in [-0.4, -0.2) is 29.8 Å². The molecule has 2 aromatic rings. The van der Waals surface area contributed by atoms with Crippen molar-refractivity contribution in [1.29, 1.82) is 0 Å². The molecule has 8 nitrogen and oxygen atoms in total. The molecule has 7 rings (SSSR count). The largest absolute Gasteiger partial charge is 0.504 e. The Balaban J connectivity index is 1.45. The van der Waals surface area contributed by atoms with E-state index in [0.29, 0.717) is 45.9 Å². The number of carbonyl (C=O) groups excluding carboxylic acids is 2. The van der Waals surface area contributed by atoms with Gasteiger partial charge in [-0.25, -0.2) is 9.59 Å². The number of rotatable bonds is 3. The highest BCUT2D eigenvalue weighted by atomic mass is 16.6. The van der Waals surface area contributed by atoms with E-state index in [0.717, 1.165) is 12.0 Å². The molecule has 4 aliphatic heterocycles. The van der Waals surface area contributed by atoms with Crippen molar-refractivity contribution in [2.75, 3.05) is 6.61 Å². The average molecular weight is 515 g/mol. The average Bonchev–Trinajstić information content (AvgIpc) is 3.45. The normalized spacial score (nSPS) is 19.4. The molecular weight excluding hydrogens is 488 g/mol. The summed E-state index contributed by atoms with van der Waals surface area (Å²) in [7, 11) is 0. The van der Waals surface area contributed by atoms with Crippen LogP contribution in [0.5, 0.6) is 23.0 Å². The summed E-state index contributed by atoms with van der Waals surface area (Å²) in [6.45, 7) is 4.03. The Morgan fingerprint density at radius 3 is 2.61 bits per heavy atom. The first kappa shape index (κ1) is 23.9. The maximum absolute atomic E-state index is 13.8. The molecule has 4 bridgehead atoms. The lowest BCUT2D eigenvalue weighted by molar-refractivity contribution is -0.165. The molecule has 1 N–H and O–H groups in total. The number of benzene rings is 2. The van der Waals surface area contributed by atoms with Crippen LogP contribution < -0.4 is 9.47 Å². The van der Waals surface area contributed by atoms with E-state index in [1.54, 1.807) is 36.4 Å². The summed E-state index contributed by atoms with van der Waals surface area (Å²) >= 11 is 0. The molecule has 0 aromatic heterocycles. The number of carbonyl (C=O) groups is 2. The molecule has 0 fully saturated rings. The second kappa shape index (κ2) is 9.13. The molecule has 2 atom stereocenters. The Bertz CT molecular complexity index is 1500. The summed E-state index contributed by atoms with van der Waals surface area (Å²) in [5.74, 6) is -0.00511. The number of phenolic OH excluding ortho intramolecular Hbond substituents is 1. The van der Waals surface area contributed by atoms with Gasteiger partial charge >= 0.3 is 11.9 Å². The molecule has 38 heavy (non-hydrogen) atoms. The Hall–Kier alpha value is -4.46. The predicted molar refractivity (Wildman–Crippen MR) is 136 cm³/mol. The maximum atomic E-state index is 13.8. The number of fused-ring (bicyclic) bond motifs is 8. The summed E-state index contributed by atoms with van der Waals surface area (Å²) in [5.41, 5.74) is 1.39. The van der Waals surface area contributed by atoms with Crippen LogP contribution in [0.25, 0.3) is 11.1 Å². The smallest absolute Gasteiger partial charge is 0.376 e. The molecule has 0 amide bonds. The summed E-state index contributed by atoms with van der Waals surface area (Å²) < 4.78 is 29.3. The third kappa shape index (κ3) is 3.93. The van der Waals surface area contributed by atoms with Crippen LogP contribution in [-0.2, 0) is 32.7 Å². The van der Waals surface area contributed by atoms with E-state index in [-0.39, 0.29) is 30.6 Å². The van der Waals surface area contributed by atoms with Crippen LogP contribution in [0.1, 0.15) is 47.5 Å². The Kier molecular flexibility index (Phi) is 5.75. The van der Waals surface area contributed by atoms with Gasteiger partial charge in [-0.1, -0.05) is 25.1 Å². The van der Waals surface area contributed by atoms with Crippen molar-refractivity contribution in [3.05, 3.63) is 83.3 Å². The lowest BCUT2D eigenvalue weighted by Crippen LogP contribution is -2.40. The van der Waals surface area contributed by atoms with Gasteiger partial charge in [0.15, 0.2) is 11.5 Å². The van der Waals surface area contributed by atoms with Gasteiger partial charge in [0.25, 0.3) is 0 Å². The van der Waals surface area contributed by atoms with Crippen molar-refractivity contribution in [3.8, 4) is 34.1 Å². The molecule has 194 valence electrons. The Morgan fingerprint density at radius 2 is 1.82 bits per heavy atom. The topological polar surface area (TPSA) is 104 Å². The Labute approximate surface area is 219 Å². The van der Waals surface area contributed by atoms with Crippen molar-refractivity contribution >= 4 is 11.9 Å². The van der Waals surface area contributed by atoms with E-state index in [9.17, 15) is 14.7 Å². The van der Waals surface area contributed by atoms with E-state index in [4.69, 9.17) is 23.4 Å². The maximum Gasteiger partial charge on any atom is 0.376 e. The second-order valence-electron chi connectivity index (χ2n) is 9.63. The van der Waals surface area contributed by atoms with Gasteiger partial charge in [0, 0.05) is 18.4 Å². The number of hydrogen-bond donors (Lipinski definition) is 1. The summed E-state index contributed by atoms with van der Waals surface area (Å²) in [6.07, 6.45) is 2.66. The summed E-state index contributed by atoms with van der Waals surface area (Å²) in [6, 6.07) is 15.6. The second-order valence-corrected chi connectivity index (χ2v) is 9.63. The fourth-order valence-electron chi connectivity index (χ4n) is 4.92. The standard InChI is InChI=1S/C30H26O8/c1-3-17(2)36-24-11-9-21-22(24)16-35-27-26(21)30(38-28(27)32)15-19-4-7-20(8-5-19)37-25-14-18(6-10-23(25)31)12-13-34-29(30)33/h4-11,14,16-17,31H,3,12-13,15H2,1-2H3/t17-,30+/m0/s1. The zero-order valence-electron chi connectivity index (χ0n) is 21.0. The fraction of sp³-hybridized carbons (Fsp3) is 0.267. The van der Waals surface area contributed by atoms with Gasteiger partial charge in [0.05, 0.1) is 23.8 Å². The predicted octanol–water partition coefficient (Wildman–Crippen LogP) is 5.77. The van der Waals surface area contributed by atoms with Gasteiger partial charge in [0.1, 0.15) is 17.8 Å². The van der Waals surface area contributed by atoms with Crippen LogP contribution in [0.3, 0.4) is 0 Å². The van der Waals surface area contributed by atoms with E-state index in [1.165, 1.54) is 12.3 Å². The molecule has 1 spiro atoms. The highest BCUT2D eigenvalue weighted by Gasteiger charge is 2.56. The van der Waals surface area contributed by atoms with Crippen LogP contribution in [0.15, 0.2) is 65.3 Å². The quantitative estimate of drug-likeness (QED) is 0.344. The SMILES string of the molecule is CC[C@H](C)Oc1ccc2c3c(occ1-2)C(=O)O[C@]31Cc2ccc(cc2)Oc2cc(ccc2O)CCOC1=O. The molecular formula is C30H26O8. The third-order valence-electron chi connectivity index (χ3n) is 7.09. The number of hydrogen-bond acceptors (Lipinski definition) is 8. The molecule has 0 radical (unpaired) electrons. The van der Waals surface area contributed by atoms with Gasteiger partial charge in [-0.15, -0.1) is 0 Å². The van der Waals surface area contributed by atoms with Crippen LogP contribution in [0.2, 0.25) is 0 Å². The van der Waals surface area contributed by atoms with Crippen molar-refractivity contribution in [1.82, 2.24) is 0 Å². The van der Waals surface area contributed by atoms with E-state index >= 15 is 0 Å². The molecule has 0 saturated heterocycles. The summed E-state index contributed by atoms with van der Waals surface area (Å²) in [4.78, 5) is 26.9. The molecule has 5 aliphatic rings. The molecule has 8 heteroatoms. The zero-order chi connectivity index (χ0) is 26.4.